The summed E-state index contributed by atoms with van der Waals surface area (Å²) in [7, 11) is 5.92. The van der Waals surface area contributed by atoms with Gasteiger partial charge in [-0.15, -0.1) is 0 Å². The monoisotopic (exact) mass is 334 g/mol. The van der Waals surface area contributed by atoms with Crippen LogP contribution >= 0.6 is 0 Å². The third kappa shape index (κ3) is 4.13. The van der Waals surface area contributed by atoms with Crippen molar-refractivity contribution in [3.63, 3.8) is 0 Å². The van der Waals surface area contributed by atoms with Crippen LogP contribution in [0, 0.1) is 5.82 Å². The molecular weight excluding hydrogens is 307 g/mol. The fraction of sp³-hybridized carbons (Fsp3) is 0.500. The van der Waals surface area contributed by atoms with Crippen LogP contribution in [-0.2, 0) is 13.6 Å². The highest BCUT2D eigenvalue weighted by Crippen LogP contribution is 2.27. The lowest BCUT2D eigenvalue weighted by Crippen LogP contribution is -2.23. The molecule has 1 heterocycles. The lowest BCUT2D eigenvalue weighted by molar-refractivity contribution is 0.174. The van der Waals surface area contributed by atoms with Gasteiger partial charge < -0.3 is 15.3 Å². The summed E-state index contributed by atoms with van der Waals surface area (Å²) in [6.07, 6.45) is -0.748. The number of halogens is 1. The highest BCUT2D eigenvalue weighted by Gasteiger charge is 2.20. The smallest absolute Gasteiger partial charge is 0.130 e. The van der Waals surface area contributed by atoms with E-state index in [1.54, 1.807) is 12.1 Å². The number of nitrogens with one attached hydrogen (secondary N) is 1. The average molecular weight is 334 g/mol. The lowest BCUT2D eigenvalue weighted by Gasteiger charge is -2.17. The number of aliphatic hydroxyl groups is 1. The first-order chi connectivity index (χ1) is 11.3. The number of hydrogen-bond donors (Lipinski definition) is 2. The normalized spacial score (nSPS) is 12.7. The zero-order chi connectivity index (χ0) is 17.9. The average Bonchev–Trinajstić information content (AvgIpc) is 2.84. The van der Waals surface area contributed by atoms with Crippen LogP contribution in [0.4, 0.5) is 10.2 Å². The first kappa shape index (κ1) is 18.4. The first-order valence-electron chi connectivity index (χ1n) is 8.18. The van der Waals surface area contributed by atoms with Crippen molar-refractivity contribution in [3.8, 4) is 0 Å². The van der Waals surface area contributed by atoms with Gasteiger partial charge >= 0.3 is 0 Å². The van der Waals surface area contributed by atoms with Crippen LogP contribution in [-0.4, -0.2) is 35.5 Å². The third-order valence-corrected chi connectivity index (χ3v) is 3.99. The Morgan fingerprint density at radius 2 is 2.04 bits per heavy atom. The van der Waals surface area contributed by atoms with Crippen LogP contribution in [0.25, 0.3) is 0 Å². The van der Waals surface area contributed by atoms with E-state index in [4.69, 9.17) is 0 Å². The van der Waals surface area contributed by atoms with Gasteiger partial charge in [0.2, 0.25) is 0 Å². The molecule has 0 saturated carbocycles. The molecule has 0 aliphatic carbocycles. The van der Waals surface area contributed by atoms with Gasteiger partial charge in [-0.05, 0) is 23.6 Å². The topological polar surface area (TPSA) is 53.3 Å². The van der Waals surface area contributed by atoms with E-state index < -0.39 is 6.10 Å². The van der Waals surface area contributed by atoms with E-state index in [-0.39, 0.29) is 5.82 Å². The number of benzene rings is 1. The fourth-order valence-electron chi connectivity index (χ4n) is 2.94. The first-order valence-corrected chi connectivity index (χ1v) is 8.18. The lowest BCUT2D eigenvalue weighted by atomic mass is 10.0. The Hall–Kier alpha value is -1.92. The molecule has 0 radical (unpaired) electrons. The molecule has 132 valence electrons. The van der Waals surface area contributed by atoms with Crippen molar-refractivity contribution in [2.45, 2.75) is 32.4 Å². The maximum Gasteiger partial charge on any atom is 0.130 e. The van der Waals surface area contributed by atoms with Gasteiger partial charge in [-0.25, -0.2) is 4.39 Å². The van der Waals surface area contributed by atoms with Crippen LogP contribution in [0.15, 0.2) is 24.3 Å². The number of hydrogen-bond acceptors (Lipinski definition) is 4. The molecule has 2 rings (SSSR count). The third-order valence-electron chi connectivity index (χ3n) is 3.99. The Morgan fingerprint density at radius 1 is 1.33 bits per heavy atom. The Balaban J connectivity index is 2.09. The van der Waals surface area contributed by atoms with E-state index in [2.05, 4.69) is 24.3 Å². The van der Waals surface area contributed by atoms with Crippen molar-refractivity contribution in [2.75, 3.05) is 25.5 Å². The Morgan fingerprint density at radius 3 is 2.62 bits per heavy atom. The van der Waals surface area contributed by atoms with Crippen molar-refractivity contribution in [1.82, 2.24) is 15.1 Å². The summed E-state index contributed by atoms with van der Waals surface area (Å²) < 4.78 is 15.1. The highest BCUT2D eigenvalue weighted by atomic mass is 19.1. The number of anilines is 1. The van der Waals surface area contributed by atoms with Gasteiger partial charge in [0.05, 0.1) is 11.8 Å². The van der Waals surface area contributed by atoms with Gasteiger partial charge in [-0.2, -0.15) is 5.10 Å². The predicted octanol–water partition coefficient (Wildman–Crippen LogP) is 2.57. The number of nitrogens with zero attached hydrogens (tertiary/aromatic N) is 3. The molecule has 0 amide bonds. The predicted molar refractivity (Wildman–Crippen MR) is 94.7 cm³/mol. The molecular formula is C18H27FN4O. The number of aromatic nitrogens is 2. The molecule has 0 bridgehead atoms. The molecule has 1 aromatic heterocycles. The van der Waals surface area contributed by atoms with E-state index in [1.165, 1.54) is 12.1 Å². The maximum absolute atomic E-state index is 13.3. The zero-order valence-corrected chi connectivity index (χ0v) is 15.0. The number of aliphatic hydroxyl groups excluding tert-OH is 1. The molecule has 0 fully saturated rings. The van der Waals surface area contributed by atoms with Crippen LogP contribution in [0.2, 0.25) is 0 Å². The summed E-state index contributed by atoms with van der Waals surface area (Å²) in [6, 6.07) is 6.07. The molecule has 1 atom stereocenters. The molecule has 0 spiro atoms. The molecule has 0 saturated heterocycles. The molecule has 6 heteroatoms. The largest absolute Gasteiger partial charge is 0.387 e. The van der Waals surface area contributed by atoms with E-state index in [9.17, 15) is 9.50 Å². The van der Waals surface area contributed by atoms with Gasteiger partial charge in [0, 0.05) is 39.8 Å². The Kier molecular flexibility index (Phi) is 5.96. The van der Waals surface area contributed by atoms with Gasteiger partial charge in [-0.3, -0.25) is 4.68 Å². The quantitative estimate of drug-likeness (QED) is 0.817. The SMILES string of the molecule is CC(C)c1nn(C)c(N(C)C)c1CNC[C@H](O)c1cccc(F)c1. The molecule has 2 N–H and O–H groups in total. The van der Waals surface area contributed by atoms with Crippen LogP contribution in [0.1, 0.15) is 42.7 Å². The van der Waals surface area contributed by atoms with E-state index >= 15 is 0 Å². The summed E-state index contributed by atoms with van der Waals surface area (Å²) in [5.41, 5.74) is 2.75. The second-order valence-electron chi connectivity index (χ2n) is 6.56. The minimum Gasteiger partial charge on any atom is -0.387 e. The maximum atomic E-state index is 13.3. The minimum absolute atomic E-state index is 0.315. The number of rotatable bonds is 7. The summed E-state index contributed by atoms with van der Waals surface area (Å²) in [6.45, 7) is 5.18. The molecule has 1 aromatic carbocycles. The summed E-state index contributed by atoms with van der Waals surface area (Å²) >= 11 is 0. The van der Waals surface area contributed by atoms with Crippen molar-refractivity contribution in [1.29, 1.82) is 0 Å². The molecule has 24 heavy (non-hydrogen) atoms. The number of aryl methyl sites for hydroxylation is 1. The van der Waals surface area contributed by atoms with Crippen molar-refractivity contribution < 1.29 is 9.50 Å². The molecule has 5 nitrogen and oxygen atoms in total. The second kappa shape index (κ2) is 7.77. The van der Waals surface area contributed by atoms with Crippen molar-refractivity contribution in [3.05, 3.63) is 46.9 Å². The van der Waals surface area contributed by atoms with Gasteiger partial charge in [0.25, 0.3) is 0 Å². The highest BCUT2D eigenvalue weighted by molar-refractivity contribution is 5.50. The van der Waals surface area contributed by atoms with Gasteiger partial charge in [0.1, 0.15) is 11.6 Å². The molecule has 0 aliphatic rings. The molecule has 2 aromatic rings. The summed E-state index contributed by atoms with van der Waals surface area (Å²) in [5, 5.41) is 18.1. The van der Waals surface area contributed by atoms with Gasteiger partial charge in [-0.1, -0.05) is 26.0 Å². The van der Waals surface area contributed by atoms with Crippen LogP contribution < -0.4 is 10.2 Å². The van der Waals surface area contributed by atoms with E-state index in [0.717, 1.165) is 17.1 Å². The van der Waals surface area contributed by atoms with Crippen LogP contribution in [0.3, 0.4) is 0 Å². The fourth-order valence-corrected chi connectivity index (χ4v) is 2.94. The van der Waals surface area contributed by atoms with Crippen LogP contribution in [0.5, 0.6) is 0 Å². The zero-order valence-electron chi connectivity index (χ0n) is 15.0. The summed E-state index contributed by atoms with van der Waals surface area (Å²) in [5.74, 6) is 1.03. The molecule has 0 aliphatic heterocycles. The minimum atomic E-state index is -0.748. The van der Waals surface area contributed by atoms with Gasteiger partial charge in [0.15, 0.2) is 0 Å². The molecule has 0 unspecified atom stereocenters. The van der Waals surface area contributed by atoms with Crippen molar-refractivity contribution >= 4 is 5.82 Å². The second-order valence-corrected chi connectivity index (χ2v) is 6.56. The summed E-state index contributed by atoms with van der Waals surface area (Å²) in [4.78, 5) is 2.04. The Labute approximate surface area is 143 Å². The van der Waals surface area contributed by atoms with Crippen molar-refractivity contribution in [2.24, 2.45) is 7.05 Å². The van der Waals surface area contributed by atoms with E-state index in [0.29, 0.717) is 24.6 Å². The van der Waals surface area contributed by atoms with E-state index in [1.807, 2.05) is 30.7 Å². The standard InChI is InChI=1S/C18H27FN4O/c1-12(2)17-15(18(22(3)4)23(5)21-17)10-20-11-16(24)13-7-6-8-14(19)9-13/h6-9,12,16,20,24H,10-11H2,1-5H3/t16-/m0/s1. The Bertz CT molecular complexity index is 682.